The Kier molecular flexibility index (Phi) is 6.06. The number of ether oxygens (including phenoxy) is 1. The number of likely N-dealkylation sites (tertiary alicyclic amines) is 1. The first-order chi connectivity index (χ1) is 15.1. The molecular formula is C23H26N6O2. The van der Waals surface area contributed by atoms with Crippen LogP contribution in [-0.4, -0.2) is 58.0 Å². The summed E-state index contributed by atoms with van der Waals surface area (Å²) in [7, 11) is 3.82. The quantitative estimate of drug-likeness (QED) is 0.607. The van der Waals surface area contributed by atoms with E-state index < -0.39 is 0 Å². The predicted octanol–water partition coefficient (Wildman–Crippen LogP) is 3.38. The summed E-state index contributed by atoms with van der Waals surface area (Å²) in [6, 6.07) is 7.25. The average molecular weight is 419 g/mol. The number of nitrogens with zero attached hydrogens (tertiary/aromatic N) is 6. The van der Waals surface area contributed by atoms with Gasteiger partial charge in [0.05, 0.1) is 18.3 Å². The molecular weight excluding hydrogens is 392 g/mol. The summed E-state index contributed by atoms with van der Waals surface area (Å²) in [4.78, 5) is 35.0. The van der Waals surface area contributed by atoms with E-state index in [4.69, 9.17) is 9.72 Å². The van der Waals surface area contributed by atoms with Gasteiger partial charge in [0, 0.05) is 51.0 Å². The summed E-state index contributed by atoms with van der Waals surface area (Å²) < 4.78 is 5.60. The van der Waals surface area contributed by atoms with E-state index in [0.29, 0.717) is 30.5 Å². The lowest BCUT2D eigenvalue weighted by Crippen LogP contribution is -2.32. The molecule has 1 aliphatic heterocycles. The van der Waals surface area contributed by atoms with Gasteiger partial charge in [0.2, 0.25) is 11.8 Å². The maximum Gasteiger partial charge on any atom is 0.259 e. The van der Waals surface area contributed by atoms with Crippen molar-refractivity contribution in [3.8, 4) is 17.0 Å². The lowest BCUT2D eigenvalue weighted by molar-refractivity contribution is 0.0728. The van der Waals surface area contributed by atoms with Crippen LogP contribution in [-0.2, 0) is 0 Å². The minimum absolute atomic E-state index is 0.0928. The van der Waals surface area contributed by atoms with Crippen LogP contribution >= 0.6 is 0 Å². The summed E-state index contributed by atoms with van der Waals surface area (Å²) >= 11 is 0. The van der Waals surface area contributed by atoms with Crippen LogP contribution in [0.4, 0.5) is 5.95 Å². The zero-order chi connectivity index (χ0) is 21.8. The Morgan fingerprint density at radius 1 is 1.19 bits per heavy atom. The Balaban J connectivity index is 1.76. The topological polar surface area (TPSA) is 84.3 Å². The number of hydrogen-bond donors (Lipinski definition) is 0. The molecule has 4 rings (SSSR count). The third-order valence-corrected chi connectivity index (χ3v) is 5.31. The molecule has 1 aliphatic rings. The normalized spacial score (nSPS) is 15.7. The third kappa shape index (κ3) is 4.19. The monoisotopic (exact) mass is 418 g/mol. The van der Waals surface area contributed by atoms with Gasteiger partial charge in [0.25, 0.3) is 5.91 Å². The fourth-order valence-corrected chi connectivity index (χ4v) is 3.86. The first-order valence-electron chi connectivity index (χ1n) is 10.4. The molecule has 4 heterocycles. The van der Waals surface area contributed by atoms with Crippen molar-refractivity contribution in [2.75, 3.05) is 32.1 Å². The van der Waals surface area contributed by atoms with Gasteiger partial charge in [-0.3, -0.25) is 9.78 Å². The number of hydrogen-bond acceptors (Lipinski definition) is 7. The molecule has 0 bridgehead atoms. The number of rotatable bonds is 6. The molecule has 8 nitrogen and oxygen atoms in total. The number of pyridine rings is 2. The van der Waals surface area contributed by atoms with Crippen molar-refractivity contribution in [2.24, 2.45) is 0 Å². The van der Waals surface area contributed by atoms with E-state index in [1.54, 1.807) is 30.7 Å². The standard InChI is InChI=1S/C23H26N6O2/c1-4-31-21-17(7-5-11-25-21)22(30)29-14-6-8-19(29)20-18(16-9-12-24-13-10-16)15-26-23(27-20)28(2)3/h5,7,9-13,15,19H,4,6,8,14H2,1-3H3. The lowest BCUT2D eigenvalue weighted by Gasteiger charge is -2.27. The molecule has 160 valence electrons. The third-order valence-electron chi connectivity index (χ3n) is 5.31. The second-order valence-corrected chi connectivity index (χ2v) is 7.54. The van der Waals surface area contributed by atoms with Crippen molar-refractivity contribution in [3.63, 3.8) is 0 Å². The van der Waals surface area contributed by atoms with Gasteiger partial charge < -0.3 is 14.5 Å². The van der Waals surface area contributed by atoms with Crippen molar-refractivity contribution in [1.29, 1.82) is 0 Å². The molecule has 0 radical (unpaired) electrons. The van der Waals surface area contributed by atoms with Crippen LogP contribution in [0.3, 0.4) is 0 Å². The zero-order valence-electron chi connectivity index (χ0n) is 18.0. The first-order valence-corrected chi connectivity index (χ1v) is 10.4. The van der Waals surface area contributed by atoms with Crippen LogP contribution < -0.4 is 9.64 Å². The maximum absolute atomic E-state index is 13.5. The highest BCUT2D eigenvalue weighted by atomic mass is 16.5. The molecule has 1 atom stereocenters. The Morgan fingerprint density at radius 3 is 2.74 bits per heavy atom. The molecule has 3 aromatic heterocycles. The SMILES string of the molecule is CCOc1ncccc1C(=O)N1CCCC1c1nc(N(C)C)ncc1-c1ccncc1. The number of carbonyl (C=O) groups is 1. The minimum Gasteiger partial charge on any atom is -0.477 e. The van der Waals surface area contributed by atoms with Crippen LogP contribution in [0, 0.1) is 0 Å². The van der Waals surface area contributed by atoms with Gasteiger partial charge in [-0.15, -0.1) is 0 Å². The van der Waals surface area contributed by atoms with Gasteiger partial charge in [-0.2, -0.15) is 0 Å². The summed E-state index contributed by atoms with van der Waals surface area (Å²) in [5.74, 6) is 0.889. The molecule has 3 aromatic rings. The Hall–Kier alpha value is -3.55. The molecule has 31 heavy (non-hydrogen) atoms. The molecule has 0 aromatic carbocycles. The van der Waals surface area contributed by atoms with Crippen molar-refractivity contribution in [3.05, 3.63) is 60.3 Å². The molecule has 1 unspecified atom stereocenters. The Labute approximate surface area is 181 Å². The molecule has 8 heteroatoms. The first kappa shape index (κ1) is 20.7. The van der Waals surface area contributed by atoms with Gasteiger partial charge in [-0.05, 0) is 49.6 Å². The van der Waals surface area contributed by atoms with Crippen LogP contribution in [0.1, 0.15) is 41.9 Å². The van der Waals surface area contributed by atoms with Crippen molar-refractivity contribution < 1.29 is 9.53 Å². The van der Waals surface area contributed by atoms with Crippen molar-refractivity contribution >= 4 is 11.9 Å². The summed E-state index contributed by atoms with van der Waals surface area (Å²) in [6.45, 7) is 2.98. The molecule has 1 amide bonds. The Bertz CT molecular complexity index is 1060. The van der Waals surface area contributed by atoms with Gasteiger partial charge >= 0.3 is 0 Å². The molecule has 0 aliphatic carbocycles. The highest BCUT2D eigenvalue weighted by Gasteiger charge is 2.35. The smallest absolute Gasteiger partial charge is 0.259 e. The van der Waals surface area contributed by atoms with E-state index >= 15 is 0 Å². The minimum atomic E-state index is -0.160. The summed E-state index contributed by atoms with van der Waals surface area (Å²) in [5.41, 5.74) is 3.21. The maximum atomic E-state index is 13.5. The van der Waals surface area contributed by atoms with Gasteiger partial charge in [0.15, 0.2) is 0 Å². The summed E-state index contributed by atoms with van der Waals surface area (Å²) in [5, 5.41) is 0. The van der Waals surface area contributed by atoms with Gasteiger partial charge in [-0.1, -0.05) is 0 Å². The molecule has 0 saturated carbocycles. The molecule has 0 N–H and O–H groups in total. The van der Waals surface area contributed by atoms with Crippen molar-refractivity contribution in [2.45, 2.75) is 25.8 Å². The highest BCUT2D eigenvalue weighted by molar-refractivity contribution is 5.97. The van der Waals surface area contributed by atoms with Crippen molar-refractivity contribution in [1.82, 2.24) is 24.8 Å². The zero-order valence-corrected chi connectivity index (χ0v) is 18.0. The second kappa shape index (κ2) is 9.07. The Morgan fingerprint density at radius 2 is 2.00 bits per heavy atom. The molecule has 1 fully saturated rings. The van der Waals surface area contributed by atoms with Gasteiger partial charge in [0.1, 0.15) is 5.56 Å². The second-order valence-electron chi connectivity index (χ2n) is 7.54. The van der Waals surface area contributed by atoms with E-state index in [1.807, 2.05) is 49.1 Å². The average Bonchev–Trinajstić information content (AvgIpc) is 3.29. The summed E-state index contributed by atoms with van der Waals surface area (Å²) in [6.07, 6.45) is 8.71. The number of anilines is 1. The molecule has 1 saturated heterocycles. The van der Waals surface area contributed by atoms with Crippen LogP contribution in [0.2, 0.25) is 0 Å². The van der Waals surface area contributed by atoms with E-state index in [1.165, 1.54) is 0 Å². The largest absolute Gasteiger partial charge is 0.477 e. The van der Waals surface area contributed by atoms with E-state index in [0.717, 1.165) is 29.7 Å². The fraction of sp³-hybridized carbons (Fsp3) is 0.348. The van der Waals surface area contributed by atoms with E-state index in [9.17, 15) is 4.79 Å². The number of carbonyl (C=O) groups excluding carboxylic acids is 1. The lowest BCUT2D eigenvalue weighted by atomic mass is 10.0. The van der Waals surface area contributed by atoms with Crippen LogP contribution in [0.5, 0.6) is 5.88 Å². The number of amides is 1. The van der Waals surface area contributed by atoms with Gasteiger partial charge in [-0.25, -0.2) is 15.0 Å². The number of aromatic nitrogens is 4. The van der Waals surface area contributed by atoms with Crippen LogP contribution in [0.25, 0.3) is 11.1 Å². The van der Waals surface area contributed by atoms with Crippen LogP contribution in [0.15, 0.2) is 49.1 Å². The van der Waals surface area contributed by atoms with E-state index in [-0.39, 0.29) is 11.9 Å². The molecule has 0 spiro atoms. The fourth-order valence-electron chi connectivity index (χ4n) is 3.86. The predicted molar refractivity (Wildman–Crippen MR) is 118 cm³/mol. The highest BCUT2D eigenvalue weighted by Crippen LogP contribution is 2.38. The van der Waals surface area contributed by atoms with E-state index in [2.05, 4.69) is 15.0 Å².